The summed E-state index contributed by atoms with van der Waals surface area (Å²) in [4.78, 5) is 10.4. The van der Waals surface area contributed by atoms with Crippen LogP contribution in [0.1, 0.15) is 18.9 Å². The zero-order valence-electron chi connectivity index (χ0n) is 7.29. The van der Waals surface area contributed by atoms with Gasteiger partial charge in [0.25, 0.3) is 0 Å². The molecule has 1 aromatic rings. The van der Waals surface area contributed by atoms with Crippen molar-refractivity contribution >= 4 is 6.29 Å². The van der Waals surface area contributed by atoms with Crippen molar-refractivity contribution in [1.29, 1.82) is 0 Å². The first-order valence-corrected chi connectivity index (χ1v) is 4.28. The standard InChI is InChI=1S/C11H13O/c1-2-10(9-12)8-11-6-4-3-5-7-11/h3-7,10H,2,8H2,1H3. The van der Waals surface area contributed by atoms with Crippen LogP contribution in [0.2, 0.25) is 0 Å². The molecule has 0 bridgehead atoms. The van der Waals surface area contributed by atoms with Gasteiger partial charge in [-0.05, 0) is 18.4 Å². The van der Waals surface area contributed by atoms with Crippen LogP contribution in [0.15, 0.2) is 30.3 Å². The van der Waals surface area contributed by atoms with Crippen molar-refractivity contribution in [2.45, 2.75) is 19.8 Å². The molecule has 12 heavy (non-hydrogen) atoms. The van der Waals surface area contributed by atoms with E-state index in [4.69, 9.17) is 0 Å². The number of rotatable bonds is 4. The zero-order valence-corrected chi connectivity index (χ0v) is 7.29. The average molecular weight is 161 g/mol. The zero-order chi connectivity index (χ0) is 8.81. The minimum Gasteiger partial charge on any atom is -0.291 e. The molecule has 1 rings (SSSR count). The fourth-order valence-electron chi connectivity index (χ4n) is 1.17. The summed E-state index contributed by atoms with van der Waals surface area (Å²) in [6.07, 6.45) is 3.74. The molecule has 1 radical (unpaired) electrons. The van der Waals surface area contributed by atoms with Crippen LogP contribution in [0.4, 0.5) is 0 Å². The third kappa shape index (κ3) is 2.50. The van der Waals surface area contributed by atoms with Crippen molar-refractivity contribution in [3.63, 3.8) is 0 Å². The molecule has 0 saturated carbocycles. The molecule has 0 saturated heterocycles. The smallest absolute Gasteiger partial charge is 0.202 e. The lowest BCUT2D eigenvalue weighted by Crippen LogP contribution is -2.03. The Morgan fingerprint density at radius 1 is 1.33 bits per heavy atom. The molecule has 1 heteroatoms. The SMILES string of the molecule is CCC([C]=O)Cc1ccccc1. The van der Waals surface area contributed by atoms with Gasteiger partial charge in [0.1, 0.15) is 0 Å². The van der Waals surface area contributed by atoms with Gasteiger partial charge in [0.2, 0.25) is 6.29 Å². The second-order valence-electron chi connectivity index (χ2n) is 2.91. The van der Waals surface area contributed by atoms with E-state index in [2.05, 4.69) is 6.29 Å². The van der Waals surface area contributed by atoms with Crippen LogP contribution in [0, 0.1) is 5.92 Å². The minimum absolute atomic E-state index is 0.0624. The van der Waals surface area contributed by atoms with Crippen molar-refractivity contribution in [2.75, 3.05) is 0 Å². The quantitative estimate of drug-likeness (QED) is 0.662. The Balaban J connectivity index is 2.56. The van der Waals surface area contributed by atoms with Crippen molar-refractivity contribution in [1.82, 2.24) is 0 Å². The van der Waals surface area contributed by atoms with Gasteiger partial charge in [-0.25, -0.2) is 0 Å². The summed E-state index contributed by atoms with van der Waals surface area (Å²) in [7, 11) is 0. The number of benzene rings is 1. The van der Waals surface area contributed by atoms with Gasteiger partial charge in [0.05, 0.1) is 0 Å². The van der Waals surface area contributed by atoms with Crippen LogP contribution in [0.5, 0.6) is 0 Å². The van der Waals surface area contributed by atoms with E-state index >= 15 is 0 Å². The molecule has 1 atom stereocenters. The molecule has 63 valence electrons. The first-order valence-electron chi connectivity index (χ1n) is 4.28. The van der Waals surface area contributed by atoms with Gasteiger partial charge in [-0.1, -0.05) is 37.3 Å². The van der Waals surface area contributed by atoms with Gasteiger partial charge < -0.3 is 0 Å². The van der Waals surface area contributed by atoms with E-state index in [1.807, 2.05) is 37.3 Å². The number of hydrogen-bond acceptors (Lipinski definition) is 1. The van der Waals surface area contributed by atoms with E-state index in [-0.39, 0.29) is 5.92 Å². The van der Waals surface area contributed by atoms with E-state index < -0.39 is 0 Å². The Hall–Kier alpha value is -1.11. The van der Waals surface area contributed by atoms with E-state index in [0.717, 1.165) is 12.8 Å². The van der Waals surface area contributed by atoms with Gasteiger partial charge in [0, 0.05) is 5.92 Å². The molecular formula is C11H13O. The van der Waals surface area contributed by atoms with Crippen LogP contribution >= 0.6 is 0 Å². The van der Waals surface area contributed by atoms with Crippen LogP contribution in [-0.2, 0) is 11.2 Å². The van der Waals surface area contributed by atoms with Crippen LogP contribution in [0.25, 0.3) is 0 Å². The first-order chi connectivity index (χ1) is 5.86. The normalized spacial score (nSPS) is 12.4. The van der Waals surface area contributed by atoms with Gasteiger partial charge in [0.15, 0.2) is 0 Å². The molecule has 1 aromatic carbocycles. The van der Waals surface area contributed by atoms with Crippen LogP contribution in [0.3, 0.4) is 0 Å². The topological polar surface area (TPSA) is 17.1 Å². The van der Waals surface area contributed by atoms with E-state index in [0.29, 0.717) is 0 Å². The lowest BCUT2D eigenvalue weighted by Gasteiger charge is -2.04. The highest BCUT2D eigenvalue weighted by Gasteiger charge is 2.05. The lowest BCUT2D eigenvalue weighted by atomic mass is 9.99. The highest BCUT2D eigenvalue weighted by Crippen LogP contribution is 2.09. The number of carbonyl (C=O) groups excluding carboxylic acids is 1. The minimum atomic E-state index is 0.0624. The molecule has 0 fully saturated rings. The highest BCUT2D eigenvalue weighted by molar-refractivity contribution is 5.55. The fourth-order valence-corrected chi connectivity index (χ4v) is 1.17. The summed E-state index contributed by atoms with van der Waals surface area (Å²) >= 11 is 0. The summed E-state index contributed by atoms with van der Waals surface area (Å²) in [5.41, 5.74) is 1.22. The molecule has 1 unspecified atom stereocenters. The largest absolute Gasteiger partial charge is 0.291 e. The predicted molar refractivity (Wildman–Crippen MR) is 49.6 cm³/mol. The van der Waals surface area contributed by atoms with Crippen molar-refractivity contribution in [3.8, 4) is 0 Å². The summed E-state index contributed by atoms with van der Waals surface area (Å²) < 4.78 is 0. The Bertz CT molecular complexity index is 228. The molecule has 0 N–H and O–H groups in total. The maximum absolute atomic E-state index is 10.4. The maximum atomic E-state index is 10.4. The van der Waals surface area contributed by atoms with E-state index in [9.17, 15) is 4.79 Å². The maximum Gasteiger partial charge on any atom is 0.202 e. The fraction of sp³-hybridized carbons (Fsp3) is 0.364. The highest BCUT2D eigenvalue weighted by atomic mass is 16.1. The number of hydrogen-bond donors (Lipinski definition) is 0. The molecular weight excluding hydrogens is 148 g/mol. The lowest BCUT2D eigenvalue weighted by molar-refractivity contribution is 0.512. The van der Waals surface area contributed by atoms with Gasteiger partial charge in [-0.2, -0.15) is 0 Å². The van der Waals surface area contributed by atoms with E-state index in [1.54, 1.807) is 0 Å². The first kappa shape index (κ1) is 8.98. The summed E-state index contributed by atoms with van der Waals surface area (Å²) in [5.74, 6) is 0.0624. The molecule has 0 spiro atoms. The van der Waals surface area contributed by atoms with E-state index in [1.165, 1.54) is 5.56 Å². The second-order valence-corrected chi connectivity index (χ2v) is 2.91. The van der Waals surface area contributed by atoms with Gasteiger partial charge in [-0.15, -0.1) is 0 Å². The molecule has 1 nitrogen and oxygen atoms in total. The third-order valence-electron chi connectivity index (χ3n) is 1.98. The predicted octanol–water partition coefficient (Wildman–Crippen LogP) is 2.37. The molecule has 0 aliphatic carbocycles. The summed E-state index contributed by atoms with van der Waals surface area (Å²) in [5, 5.41) is 0. The molecule has 0 aromatic heterocycles. The monoisotopic (exact) mass is 161 g/mol. The van der Waals surface area contributed by atoms with Crippen molar-refractivity contribution in [2.24, 2.45) is 5.92 Å². The Labute approximate surface area is 73.4 Å². The average Bonchev–Trinajstić information content (AvgIpc) is 2.16. The Kier molecular flexibility index (Phi) is 3.52. The summed E-state index contributed by atoms with van der Waals surface area (Å²) in [6.45, 7) is 2.01. The Morgan fingerprint density at radius 3 is 2.50 bits per heavy atom. The van der Waals surface area contributed by atoms with Crippen molar-refractivity contribution in [3.05, 3.63) is 35.9 Å². The van der Waals surface area contributed by atoms with Gasteiger partial charge in [-0.3, -0.25) is 4.79 Å². The molecule has 0 amide bonds. The van der Waals surface area contributed by atoms with Crippen molar-refractivity contribution < 1.29 is 4.79 Å². The molecule has 0 aliphatic heterocycles. The second kappa shape index (κ2) is 4.70. The van der Waals surface area contributed by atoms with Crippen LogP contribution in [-0.4, -0.2) is 6.29 Å². The van der Waals surface area contributed by atoms with Gasteiger partial charge >= 0.3 is 0 Å². The molecule has 0 aliphatic rings. The Morgan fingerprint density at radius 2 is 2.00 bits per heavy atom. The third-order valence-corrected chi connectivity index (χ3v) is 1.98. The molecule has 0 heterocycles. The van der Waals surface area contributed by atoms with Crippen LogP contribution < -0.4 is 0 Å². The summed E-state index contributed by atoms with van der Waals surface area (Å²) in [6, 6.07) is 10.1.